The fraction of sp³-hybridized carbons (Fsp3) is 0.400. The number of likely N-dealkylation sites (tertiary alicyclic amines) is 1. The first-order valence-electron chi connectivity index (χ1n) is 8.73. The van der Waals surface area contributed by atoms with Crippen molar-refractivity contribution in [3.8, 4) is 0 Å². The molecule has 2 N–H and O–H groups in total. The summed E-state index contributed by atoms with van der Waals surface area (Å²) in [6, 6.07) is 14.5. The first-order valence-corrected chi connectivity index (χ1v) is 8.73. The van der Waals surface area contributed by atoms with E-state index in [0.29, 0.717) is 19.6 Å². The summed E-state index contributed by atoms with van der Waals surface area (Å²) in [6.07, 6.45) is 0.442. The van der Waals surface area contributed by atoms with Crippen LogP contribution in [-0.2, 0) is 9.59 Å². The van der Waals surface area contributed by atoms with Crippen LogP contribution >= 0.6 is 0 Å². The number of β-amino-alcohol motifs (C(OH)–C–C–N with tert-alkyl or cyclic N) is 1. The molecule has 0 radical (unpaired) electrons. The Labute approximate surface area is 147 Å². The van der Waals surface area contributed by atoms with Crippen molar-refractivity contribution >= 4 is 22.6 Å². The van der Waals surface area contributed by atoms with Gasteiger partial charge in [0.15, 0.2) is 0 Å². The standard InChI is InChI=1S/C20H24N2O3/c1-14(23)21-10-8-20(25)22-11-9-18(19(24)13-22)17-7-6-15-4-2-3-5-16(15)12-17/h2-7,12,18-19,24H,8-11,13H2,1H3,(H,21,23)/t18-,19+/m0/s1. The van der Waals surface area contributed by atoms with Crippen molar-refractivity contribution in [2.45, 2.75) is 31.8 Å². The Kier molecular flexibility index (Phi) is 5.34. The fourth-order valence-corrected chi connectivity index (χ4v) is 3.49. The molecule has 25 heavy (non-hydrogen) atoms. The van der Waals surface area contributed by atoms with E-state index in [9.17, 15) is 14.7 Å². The maximum atomic E-state index is 12.2. The molecule has 1 heterocycles. The van der Waals surface area contributed by atoms with Crippen LogP contribution in [0.1, 0.15) is 31.2 Å². The van der Waals surface area contributed by atoms with E-state index in [4.69, 9.17) is 0 Å². The largest absolute Gasteiger partial charge is 0.391 e. The van der Waals surface area contributed by atoms with Crippen molar-refractivity contribution in [1.29, 1.82) is 0 Å². The molecular weight excluding hydrogens is 316 g/mol. The van der Waals surface area contributed by atoms with Gasteiger partial charge in [0.05, 0.1) is 6.10 Å². The maximum Gasteiger partial charge on any atom is 0.224 e. The number of carbonyl (C=O) groups excluding carboxylic acids is 2. The van der Waals surface area contributed by atoms with Gasteiger partial charge in [0.1, 0.15) is 0 Å². The summed E-state index contributed by atoms with van der Waals surface area (Å²) >= 11 is 0. The molecule has 132 valence electrons. The van der Waals surface area contributed by atoms with E-state index in [1.807, 2.05) is 12.1 Å². The zero-order valence-corrected chi connectivity index (χ0v) is 14.4. The van der Waals surface area contributed by atoms with Crippen molar-refractivity contribution in [3.63, 3.8) is 0 Å². The van der Waals surface area contributed by atoms with E-state index in [1.54, 1.807) is 4.90 Å². The second kappa shape index (κ2) is 7.66. The Balaban J connectivity index is 1.62. The number of carbonyl (C=O) groups is 2. The molecule has 0 unspecified atom stereocenters. The number of fused-ring (bicyclic) bond motifs is 1. The predicted octanol–water partition coefficient (Wildman–Crippen LogP) is 2.04. The summed E-state index contributed by atoms with van der Waals surface area (Å²) in [5.41, 5.74) is 1.12. The summed E-state index contributed by atoms with van der Waals surface area (Å²) < 4.78 is 0. The first-order chi connectivity index (χ1) is 12.0. The lowest BCUT2D eigenvalue weighted by Gasteiger charge is -2.36. The van der Waals surface area contributed by atoms with Crippen molar-refractivity contribution < 1.29 is 14.7 Å². The number of piperidine rings is 1. The van der Waals surface area contributed by atoms with Crippen molar-refractivity contribution in [3.05, 3.63) is 48.0 Å². The van der Waals surface area contributed by atoms with Crippen LogP contribution < -0.4 is 5.32 Å². The normalized spacial score (nSPS) is 20.5. The van der Waals surface area contributed by atoms with E-state index >= 15 is 0 Å². The van der Waals surface area contributed by atoms with Crippen molar-refractivity contribution in [2.24, 2.45) is 0 Å². The Morgan fingerprint density at radius 2 is 1.96 bits per heavy atom. The number of nitrogens with one attached hydrogen (secondary N) is 1. The molecule has 1 aliphatic rings. The molecule has 0 aromatic heterocycles. The SMILES string of the molecule is CC(=O)NCCC(=O)N1CC[C@@H](c2ccc3ccccc3c2)[C@H](O)C1. The van der Waals surface area contributed by atoms with Crippen LogP contribution in [-0.4, -0.2) is 47.6 Å². The molecule has 2 amide bonds. The number of aliphatic hydroxyl groups is 1. The second-order valence-corrected chi connectivity index (χ2v) is 6.64. The monoisotopic (exact) mass is 340 g/mol. The van der Waals surface area contributed by atoms with Gasteiger partial charge in [0, 0.05) is 38.9 Å². The highest BCUT2D eigenvalue weighted by Gasteiger charge is 2.30. The van der Waals surface area contributed by atoms with Gasteiger partial charge in [-0.2, -0.15) is 0 Å². The predicted molar refractivity (Wildman–Crippen MR) is 97.2 cm³/mol. The lowest BCUT2D eigenvalue weighted by Crippen LogP contribution is -2.46. The molecule has 1 fully saturated rings. The van der Waals surface area contributed by atoms with E-state index in [1.165, 1.54) is 17.7 Å². The molecule has 1 saturated heterocycles. The molecule has 0 spiro atoms. The van der Waals surface area contributed by atoms with Crippen LogP contribution in [0.3, 0.4) is 0 Å². The highest BCUT2D eigenvalue weighted by atomic mass is 16.3. The minimum Gasteiger partial charge on any atom is -0.391 e. The van der Waals surface area contributed by atoms with E-state index < -0.39 is 6.10 Å². The highest BCUT2D eigenvalue weighted by Crippen LogP contribution is 2.30. The van der Waals surface area contributed by atoms with E-state index in [0.717, 1.165) is 12.0 Å². The quantitative estimate of drug-likeness (QED) is 0.895. The topological polar surface area (TPSA) is 69.6 Å². The molecule has 0 bridgehead atoms. The van der Waals surface area contributed by atoms with E-state index in [-0.39, 0.29) is 24.2 Å². The van der Waals surface area contributed by atoms with Gasteiger partial charge in [-0.15, -0.1) is 0 Å². The molecule has 2 aromatic rings. The number of nitrogens with zero attached hydrogens (tertiary/aromatic N) is 1. The molecule has 3 rings (SSSR count). The van der Waals surface area contributed by atoms with Gasteiger partial charge in [0.25, 0.3) is 0 Å². The molecule has 0 aliphatic carbocycles. The van der Waals surface area contributed by atoms with Crippen LogP contribution in [0, 0.1) is 0 Å². The maximum absolute atomic E-state index is 12.2. The molecular formula is C20H24N2O3. The Morgan fingerprint density at radius 1 is 1.20 bits per heavy atom. The van der Waals surface area contributed by atoms with Gasteiger partial charge in [-0.05, 0) is 22.8 Å². The molecule has 2 aromatic carbocycles. The lowest BCUT2D eigenvalue weighted by molar-refractivity contribution is -0.134. The molecule has 2 atom stereocenters. The minimum absolute atomic E-state index is 0.0234. The number of hydrogen-bond acceptors (Lipinski definition) is 3. The number of hydrogen-bond donors (Lipinski definition) is 2. The molecule has 5 nitrogen and oxygen atoms in total. The second-order valence-electron chi connectivity index (χ2n) is 6.64. The molecule has 0 saturated carbocycles. The number of rotatable bonds is 4. The summed E-state index contributed by atoms with van der Waals surface area (Å²) in [5, 5.41) is 15.5. The third-order valence-electron chi connectivity index (χ3n) is 4.85. The smallest absolute Gasteiger partial charge is 0.224 e. The van der Waals surface area contributed by atoms with E-state index in [2.05, 4.69) is 35.6 Å². The van der Waals surface area contributed by atoms with Crippen molar-refractivity contribution in [2.75, 3.05) is 19.6 Å². The zero-order chi connectivity index (χ0) is 17.8. The van der Waals surface area contributed by atoms with Gasteiger partial charge < -0.3 is 15.3 Å². The summed E-state index contributed by atoms with van der Waals surface area (Å²) in [6.45, 7) is 2.75. The van der Waals surface area contributed by atoms with Crippen molar-refractivity contribution in [1.82, 2.24) is 10.2 Å². The summed E-state index contributed by atoms with van der Waals surface area (Å²) in [4.78, 5) is 24.8. The van der Waals surface area contributed by atoms with Crippen LogP contribution in [0.15, 0.2) is 42.5 Å². The van der Waals surface area contributed by atoms with Gasteiger partial charge in [-0.25, -0.2) is 0 Å². The number of benzene rings is 2. The fourth-order valence-electron chi connectivity index (χ4n) is 3.49. The van der Waals surface area contributed by atoms with Crippen LogP contribution in [0.5, 0.6) is 0 Å². The Morgan fingerprint density at radius 3 is 2.68 bits per heavy atom. The third-order valence-corrected chi connectivity index (χ3v) is 4.85. The van der Waals surface area contributed by atoms with Gasteiger partial charge in [0.2, 0.25) is 11.8 Å². The third kappa shape index (κ3) is 4.17. The zero-order valence-electron chi connectivity index (χ0n) is 14.4. The number of amides is 2. The average Bonchev–Trinajstić information content (AvgIpc) is 2.61. The summed E-state index contributed by atoms with van der Waals surface area (Å²) in [7, 11) is 0. The number of aliphatic hydroxyl groups excluding tert-OH is 1. The minimum atomic E-state index is -0.570. The lowest BCUT2D eigenvalue weighted by atomic mass is 9.86. The Bertz CT molecular complexity index is 774. The summed E-state index contributed by atoms with van der Waals surface area (Å²) in [5.74, 6) is -0.114. The van der Waals surface area contributed by atoms with Gasteiger partial charge in [-0.1, -0.05) is 42.5 Å². The highest BCUT2D eigenvalue weighted by molar-refractivity contribution is 5.83. The Hall–Kier alpha value is -2.40. The van der Waals surface area contributed by atoms with Crippen LogP contribution in [0.25, 0.3) is 10.8 Å². The first kappa shape index (κ1) is 17.4. The molecule has 1 aliphatic heterocycles. The molecule has 5 heteroatoms. The van der Waals surface area contributed by atoms with Crippen LogP contribution in [0.2, 0.25) is 0 Å². The van der Waals surface area contributed by atoms with Gasteiger partial charge in [-0.3, -0.25) is 9.59 Å². The van der Waals surface area contributed by atoms with Gasteiger partial charge >= 0.3 is 0 Å². The average molecular weight is 340 g/mol. The van der Waals surface area contributed by atoms with Crippen LogP contribution in [0.4, 0.5) is 0 Å².